The first-order chi connectivity index (χ1) is 11.8. The lowest BCUT2D eigenvalue weighted by Crippen LogP contribution is -2.51. The number of nitrogens with zero attached hydrogens (tertiary/aromatic N) is 1. The molecule has 0 bridgehead atoms. The van der Waals surface area contributed by atoms with Gasteiger partial charge in [-0.1, -0.05) is 25.5 Å². The van der Waals surface area contributed by atoms with Crippen LogP contribution in [0.15, 0.2) is 11.6 Å². The minimum Gasteiger partial charge on any atom is -0.393 e. The number of aliphatic hydroxyl groups excluding tert-OH is 1. The van der Waals surface area contributed by atoms with Crippen LogP contribution in [0.25, 0.3) is 0 Å². The first-order valence-corrected chi connectivity index (χ1v) is 10.1. The molecular weight excluding hydrogens is 310 g/mol. The molecule has 0 aromatic carbocycles. The summed E-state index contributed by atoms with van der Waals surface area (Å²) in [6, 6.07) is 2.47. The summed E-state index contributed by atoms with van der Waals surface area (Å²) < 4.78 is 0. The summed E-state index contributed by atoms with van der Waals surface area (Å²) >= 11 is 0. The molecule has 3 saturated carbocycles. The van der Waals surface area contributed by atoms with Gasteiger partial charge >= 0.3 is 0 Å². The Balaban J connectivity index is 1.70. The van der Waals surface area contributed by atoms with E-state index < -0.39 is 0 Å². The number of fused-ring (bicyclic) bond motifs is 5. The van der Waals surface area contributed by atoms with Crippen molar-refractivity contribution >= 4 is 5.78 Å². The lowest BCUT2D eigenvalue weighted by Gasteiger charge is -2.57. The molecule has 8 atom stereocenters. The molecule has 136 valence electrons. The minimum absolute atomic E-state index is 0.00325. The van der Waals surface area contributed by atoms with Crippen LogP contribution in [0.5, 0.6) is 0 Å². The molecule has 0 aromatic heterocycles. The second-order valence-electron chi connectivity index (χ2n) is 9.76. The fourth-order valence-electron chi connectivity index (χ4n) is 7.56. The Kier molecular flexibility index (Phi) is 3.93. The number of allylic oxidation sites excluding steroid dienone is 1. The van der Waals surface area contributed by atoms with Crippen molar-refractivity contribution in [1.82, 2.24) is 0 Å². The highest BCUT2D eigenvalue weighted by molar-refractivity contribution is 5.80. The number of nitriles is 1. The largest absolute Gasteiger partial charge is 0.393 e. The summed E-state index contributed by atoms with van der Waals surface area (Å²) in [4.78, 5) is 12.4. The van der Waals surface area contributed by atoms with Crippen LogP contribution in [-0.2, 0) is 4.79 Å². The lowest BCUT2D eigenvalue weighted by molar-refractivity contribution is -0.128. The molecule has 0 amide bonds. The van der Waals surface area contributed by atoms with E-state index in [2.05, 4.69) is 26.0 Å². The number of hydrogen-bond donors (Lipinski definition) is 1. The molecule has 4 aliphatic carbocycles. The van der Waals surface area contributed by atoms with Gasteiger partial charge in [-0.25, -0.2) is 0 Å². The zero-order chi connectivity index (χ0) is 18.0. The van der Waals surface area contributed by atoms with Crippen LogP contribution in [0.4, 0.5) is 0 Å². The summed E-state index contributed by atoms with van der Waals surface area (Å²) in [6.45, 7) is 6.41. The van der Waals surface area contributed by atoms with Crippen molar-refractivity contribution in [3.05, 3.63) is 11.6 Å². The summed E-state index contributed by atoms with van der Waals surface area (Å²) in [7, 11) is 0. The summed E-state index contributed by atoms with van der Waals surface area (Å²) in [5.74, 6) is 1.79. The molecule has 0 aromatic rings. The highest BCUT2D eigenvalue weighted by Crippen LogP contribution is 2.67. The van der Waals surface area contributed by atoms with E-state index in [0.717, 1.165) is 38.5 Å². The molecule has 4 aliphatic rings. The predicted molar refractivity (Wildman–Crippen MR) is 96.4 cm³/mol. The molecule has 4 rings (SSSR count). The maximum atomic E-state index is 12.4. The summed E-state index contributed by atoms with van der Waals surface area (Å²) in [6.07, 6.45) is 9.32. The van der Waals surface area contributed by atoms with Gasteiger partial charge in [-0.15, -0.1) is 0 Å². The Morgan fingerprint density at radius 2 is 2.04 bits per heavy atom. The van der Waals surface area contributed by atoms with E-state index in [1.807, 2.05) is 0 Å². The molecule has 25 heavy (non-hydrogen) atoms. The van der Waals surface area contributed by atoms with Crippen molar-refractivity contribution in [2.24, 2.45) is 40.4 Å². The number of ketones is 1. The van der Waals surface area contributed by atoms with E-state index >= 15 is 0 Å². The number of carbonyl (C=O) groups is 1. The predicted octanol–water partition coefficient (Wildman–Crippen LogP) is 4.26. The molecule has 3 heteroatoms. The van der Waals surface area contributed by atoms with E-state index in [4.69, 9.17) is 0 Å². The van der Waals surface area contributed by atoms with Crippen LogP contribution >= 0.6 is 0 Å². The summed E-state index contributed by atoms with van der Waals surface area (Å²) in [5.41, 5.74) is 1.71. The highest BCUT2D eigenvalue weighted by atomic mass is 16.3. The van der Waals surface area contributed by atoms with Crippen molar-refractivity contribution in [3.63, 3.8) is 0 Å². The van der Waals surface area contributed by atoms with Gasteiger partial charge in [0.05, 0.1) is 18.1 Å². The van der Waals surface area contributed by atoms with Gasteiger partial charge in [-0.3, -0.25) is 4.79 Å². The number of Topliss-reactive ketones (excluding diaryl/α,β-unsaturated/α-hetero) is 1. The third-order valence-electron chi connectivity index (χ3n) is 8.74. The van der Waals surface area contributed by atoms with Gasteiger partial charge < -0.3 is 5.11 Å². The maximum Gasteiger partial charge on any atom is 0.134 e. The van der Waals surface area contributed by atoms with Crippen LogP contribution in [-0.4, -0.2) is 17.0 Å². The van der Waals surface area contributed by atoms with Crippen LogP contribution in [0.3, 0.4) is 0 Å². The second kappa shape index (κ2) is 5.68. The third kappa shape index (κ3) is 2.29. The maximum absolute atomic E-state index is 12.4. The molecule has 0 spiro atoms. The van der Waals surface area contributed by atoms with Crippen LogP contribution in [0.1, 0.15) is 65.7 Å². The van der Waals surface area contributed by atoms with Crippen LogP contribution in [0.2, 0.25) is 0 Å². The van der Waals surface area contributed by atoms with Gasteiger partial charge in [0.15, 0.2) is 0 Å². The fraction of sp³-hybridized carbons (Fsp3) is 0.818. The Hall–Kier alpha value is -1.14. The van der Waals surface area contributed by atoms with E-state index in [-0.39, 0.29) is 34.6 Å². The molecule has 0 aliphatic heterocycles. The molecule has 0 heterocycles. The van der Waals surface area contributed by atoms with Gasteiger partial charge in [-0.05, 0) is 80.5 Å². The zero-order valence-electron chi connectivity index (χ0n) is 15.8. The molecular formula is C22H31NO2. The molecule has 3 fully saturated rings. The molecule has 1 N–H and O–H groups in total. The molecule has 3 nitrogen and oxygen atoms in total. The Morgan fingerprint density at radius 3 is 2.72 bits per heavy atom. The smallest absolute Gasteiger partial charge is 0.134 e. The first kappa shape index (κ1) is 17.3. The average molecular weight is 341 g/mol. The number of aliphatic hydroxyl groups is 1. The van der Waals surface area contributed by atoms with E-state index in [9.17, 15) is 15.2 Å². The minimum atomic E-state index is -0.165. The van der Waals surface area contributed by atoms with Gasteiger partial charge in [0, 0.05) is 5.92 Å². The Labute approximate surface area is 151 Å². The van der Waals surface area contributed by atoms with Crippen molar-refractivity contribution in [3.8, 4) is 6.07 Å². The number of hydrogen-bond acceptors (Lipinski definition) is 3. The van der Waals surface area contributed by atoms with Crippen LogP contribution in [0, 0.1) is 51.8 Å². The van der Waals surface area contributed by atoms with Crippen LogP contribution < -0.4 is 0 Å². The average Bonchev–Trinajstić information content (AvgIpc) is 2.88. The lowest BCUT2D eigenvalue weighted by atomic mass is 9.47. The zero-order valence-corrected chi connectivity index (χ0v) is 15.8. The molecule has 7 unspecified atom stereocenters. The van der Waals surface area contributed by atoms with E-state index in [1.54, 1.807) is 6.92 Å². The van der Waals surface area contributed by atoms with Crippen molar-refractivity contribution in [2.45, 2.75) is 71.8 Å². The number of carbonyl (C=O) groups excluding carboxylic acids is 1. The quantitative estimate of drug-likeness (QED) is 0.725. The standard InChI is InChI=1S/C22H31NO2/c1-13(24)20-14(12-23)10-19-17-5-4-15-11-16(25)6-8-21(15,2)18(17)7-9-22(19,20)3/h4,14,16-20,25H,5-11H2,1-3H3/t14-,16?,17?,18?,19?,20?,21?,22?/m0/s1. The first-order valence-electron chi connectivity index (χ1n) is 10.1. The number of rotatable bonds is 1. The topological polar surface area (TPSA) is 61.1 Å². The van der Waals surface area contributed by atoms with Gasteiger partial charge in [0.2, 0.25) is 0 Å². The normalized spacial score (nSPS) is 51.6. The Morgan fingerprint density at radius 1 is 1.28 bits per heavy atom. The highest BCUT2D eigenvalue weighted by Gasteiger charge is 2.62. The second-order valence-corrected chi connectivity index (χ2v) is 9.76. The van der Waals surface area contributed by atoms with Crippen molar-refractivity contribution < 1.29 is 9.90 Å². The van der Waals surface area contributed by atoms with E-state index in [0.29, 0.717) is 17.8 Å². The van der Waals surface area contributed by atoms with Gasteiger partial charge in [0.25, 0.3) is 0 Å². The van der Waals surface area contributed by atoms with Gasteiger partial charge in [-0.2, -0.15) is 5.26 Å². The summed E-state index contributed by atoms with van der Waals surface area (Å²) in [5, 5.41) is 19.8. The third-order valence-corrected chi connectivity index (χ3v) is 8.74. The van der Waals surface area contributed by atoms with Crippen molar-refractivity contribution in [1.29, 1.82) is 5.26 Å². The Bertz CT molecular complexity index is 661. The molecule has 0 saturated heterocycles. The monoisotopic (exact) mass is 341 g/mol. The van der Waals surface area contributed by atoms with Crippen molar-refractivity contribution in [2.75, 3.05) is 0 Å². The fourth-order valence-corrected chi connectivity index (χ4v) is 7.56. The molecule has 0 radical (unpaired) electrons. The van der Waals surface area contributed by atoms with Gasteiger partial charge in [0.1, 0.15) is 5.78 Å². The van der Waals surface area contributed by atoms with E-state index in [1.165, 1.54) is 12.0 Å². The SMILES string of the molecule is CC(=O)C1[C@H](C#N)CC2C3CC=C4CC(O)CCC4(C)C3CCC21C.